The lowest BCUT2D eigenvalue weighted by molar-refractivity contribution is 0.445. The minimum Gasteiger partial charge on any atom is -0.0651 e. The molecule has 0 heterocycles. The van der Waals surface area contributed by atoms with Crippen LogP contribution >= 0.6 is 0 Å². The van der Waals surface area contributed by atoms with Gasteiger partial charge >= 0.3 is 0 Å². The van der Waals surface area contributed by atoms with E-state index in [1.807, 2.05) is 0 Å². The van der Waals surface area contributed by atoms with Crippen molar-refractivity contribution in [3.8, 4) is 11.1 Å². The molecule has 0 saturated carbocycles. The molecule has 2 aromatic rings. The third-order valence-corrected chi connectivity index (χ3v) is 4.22. The van der Waals surface area contributed by atoms with Crippen LogP contribution in [0.2, 0.25) is 0 Å². The van der Waals surface area contributed by atoms with Crippen LogP contribution in [0.4, 0.5) is 0 Å². The molecule has 0 aliphatic heterocycles. The quantitative estimate of drug-likeness (QED) is 0.698. The maximum Gasteiger partial charge on any atom is -0.0181 e. The molecule has 0 heteroatoms. The van der Waals surface area contributed by atoms with E-state index < -0.39 is 0 Å². The van der Waals surface area contributed by atoms with Gasteiger partial charge in [0, 0.05) is 0 Å². The van der Waals surface area contributed by atoms with Gasteiger partial charge in [0.2, 0.25) is 0 Å². The molecule has 1 unspecified atom stereocenters. The first-order valence-corrected chi connectivity index (χ1v) is 7.04. The van der Waals surface area contributed by atoms with Gasteiger partial charge < -0.3 is 0 Å². The maximum atomic E-state index is 2.40. The summed E-state index contributed by atoms with van der Waals surface area (Å²) in [6, 6.07) is 17.7. The van der Waals surface area contributed by atoms with Gasteiger partial charge in [0.25, 0.3) is 0 Å². The molecule has 2 aromatic carbocycles. The Labute approximate surface area is 110 Å². The summed E-state index contributed by atoms with van der Waals surface area (Å²) in [6.07, 6.45) is 5.22. The smallest absolute Gasteiger partial charge is 0.0181 e. The van der Waals surface area contributed by atoms with Gasteiger partial charge in [-0.1, -0.05) is 61.9 Å². The molecule has 1 aliphatic rings. The highest BCUT2D eigenvalue weighted by molar-refractivity contribution is 5.65. The van der Waals surface area contributed by atoms with Crippen LogP contribution in [-0.2, 0) is 12.8 Å². The molecule has 1 aliphatic carbocycles. The first-order chi connectivity index (χ1) is 8.86. The normalized spacial score (nSPS) is 18.4. The molecule has 0 N–H and O–H groups in total. The number of rotatable bonds is 2. The monoisotopic (exact) mass is 236 g/mol. The first-order valence-electron chi connectivity index (χ1n) is 7.04. The summed E-state index contributed by atoms with van der Waals surface area (Å²) in [5.41, 5.74) is 5.84. The lowest BCUT2D eigenvalue weighted by atomic mass is 9.81. The lowest BCUT2D eigenvalue weighted by Gasteiger charge is -2.24. The van der Waals surface area contributed by atoms with Gasteiger partial charge in [-0.2, -0.15) is 0 Å². The maximum absolute atomic E-state index is 2.40. The van der Waals surface area contributed by atoms with Gasteiger partial charge in [-0.3, -0.25) is 0 Å². The Morgan fingerprint density at radius 2 is 1.78 bits per heavy atom. The fraction of sp³-hybridized carbons (Fsp3) is 0.333. The van der Waals surface area contributed by atoms with Crippen molar-refractivity contribution in [3.05, 3.63) is 59.7 Å². The molecular formula is C18H20. The molecule has 18 heavy (non-hydrogen) atoms. The van der Waals surface area contributed by atoms with E-state index >= 15 is 0 Å². The third kappa shape index (κ3) is 2.20. The summed E-state index contributed by atoms with van der Waals surface area (Å²) < 4.78 is 0. The molecule has 1 atom stereocenters. The molecule has 0 nitrogen and oxygen atoms in total. The number of aryl methyl sites for hydroxylation is 1. The highest BCUT2D eigenvalue weighted by Crippen LogP contribution is 2.30. The Morgan fingerprint density at radius 3 is 2.56 bits per heavy atom. The molecule has 0 aromatic heterocycles. The van der Waals surface area contributed by atoms with E-state index in [4.69, 9.17) is 0 Å². The minimum atomic E-state index is 0.903. The van der Waals surface area contributed by atoms with Gasteiger partial charge in [0.05, 0.1) is 0 Å². The largest absolute Gasteiger partial charge is 0.0651 e. The van der Waals surface area contributed by atoms with Crippen molar-refractivity contribution < 1.29 is 0 Å². The van der Waals surface area contributed by atoms with E-state index in [0.717, 1.165) is 5.92 Å². The first kappa shape index (κ1) is 11.5. The average Bonchev–Trinajstić information content (AvgIpc) is 2.47. The minimum absolute atomic E-state index is 0.903. The van der Waals surface area contributed by atoms with Crippen LogP contribution in [0.3, 0.4) is 0 Å². The molecule has 0 amide bonds. The molecule has 3 rings (SSSR count). The number of hydrogen-bond donors (Lipinski definition) is 0. The summed E-state index contributed by atoms with van der Waals surface area (Å²) in [7, 11) is 0. The Balaban J connectivity index is 1.93. The summed E-state index contributed by atoms with van der Waals surface area (Å²) in [5.74, 6) is 0.903. The van der Waals surface area contributed by atoms with Crippen molar-refractivity contribution >= 4 is 0 Å². The van der Waals surface area contributed by atoms with Crippen LogP contribution in [0, 0.1) is 5.92 Å². The second kappa shape index (κ2) is 4.97. The van der Waals surface area contributed by atoms with Crippen molar-refractivity contribution in [2.24, 2.45) is 5.92 Å². The molecule has 0 fully saturated rings. The highest BCUT2D eigenvalue weighted by atomic mass is 14.2. The van der Waals surface area contributed by atoms with Crippen molar-refractivity contribution in [2.75, 3.05) is 0 Å². The van der Waals surface area contributed by atoms with E-state index in [1.54, 1.807) is 11.1 Å². The molecule has 0 radical (unpaired) electrons. The van der Waals surface area contributed by atoms with Crippen molar-refractivity contribution in [1.29, 1.82) is 0 Å². The SMILES string of the molecule is CCC1CCc2cc(-c3ccccc3)ccc2C1. The predicted molar refractivity (Wildman–Crippen MR) is 77.7 cm³/mol. The van der Waals surface area contributed by atoms with Crippen LogP contribution in [0.1, 0.15) is 30.9 Å². The second-order valence-electron chi connectivity index (χ2n) is 5.37. The van der Waals surface area contributed by atoms with Crippen molar-refractivity contribution in [2.45, 2.75) is 32.6 Å². The van der Waals surface area contributed by atoms with E-state index in [1.165, 1.54) is 36.8 Å². The Kier molecular flexibility index (Phi) is 3.19. The topological polar surface area (TPSA) is 0 Å². The van der Waals surface area contributed by atoms with Gasteiger partial charge in [-0.15, -0.1) is 0 Å². The van der Waals surface area contributed by atoms with E-state index in [2.05, 4.69) is 55.5 Å². The standard InChI is InChI=1S/C18H20/c1-2-14-8-9-18-13-17(11-10-16(18)12-14)15-6-4-3-5-7-15/h3-7,10-11,13-14H,2,8-9,12H2,1H3. The number of benzene rings is 2. The van der Waals surface area contributed by atoms with Crippen molar-refractivity contribution in [3.63, 3.8) is 0 Å². The van der Waals surface area contributed by atoms with E-state index in [0.29, 0.717) is 0 Å². The molecular weight excluding hydrogens is 216 g/mol. The summed E-state index contributed by atoms with van der Waals surface area (Å²) >= 11 is 0. The summed E-state index contributed by atoms with van der Waals surface area (Å²) in [5, 5.41) is 0. The number of hydrogen-bond acceptors (Lipinski definition) is 0. The van der Waals surface area contributed by atoms with Crippen LogP contribution in [-0.4, -0.2) is 0 Å². The van der Waals surface area contributed by atoms with Gasteiger partial charge in [-0.05, 0) is 47.4 Å². The average molecular weight is 236 g/mol. The van der Waals surface area contributed by atoms with E-state index in [-0.39, 0.29) is 0 Å². The summed E-state index contributed by atoms with van der Waals surface area (Å²) in [4.78, 5) is 0. The third-order valence-electron chi connectivity index (χ3n) is 4.22. The molecule has 0 saturated heterocycles. The van der Waals surface area contributed by atoms with Gasteiger partial charge in [0.15, 0.2) is 0 Å². The Bertz CT molecular complexity index is 525. The highest BCUT2D eigenvalue weighted by Gasteiger charge is 2.17. The van der Waals surface area contributed by atoms with Crippen LogP contribution in [0.15, 0.2) is 48.5 Å². The fourth-order valence-electron chi connectivity index (χ4n) is 2.99. The molecule has 92 valence electrons. The van der Waals surface area contributed by atoms with Crippen LogP contribution < -0.4 is 0 Å². The van der Waals surface area contributed by atoms with Gasteiger partial charge in [0.1, 0.15) is 0 Å². The fourth-order valence-corrected chi connectivity index (χ4v) is 2.99. The Hall–Kier alpha value is -1.56. The Morgan fingerprint density at radius 1 is 0.944 bits per heavy atom. The zero-order valence-corrected chi connectivity index (χ0v) is 11.0. The second-order valence-corrected chi connectivity index (χ2v) is 5.37. The summed E-state index contributed by atoms with van der Waals surface area (Å²) in [6.45, 7) is 2.31. The zero-order chi connectivity index (χ0) is 12.4. The van der Waals surface area contributed by atoms with E-state index in [9.17, 15) is 0 Å². The zero-order valence-electron chi connectivity index (χ0n) is 11.0. The van der Waals surface area contributed by atoms with Crippen LogP contribution in [0.25, 0.3) is 11.1 Å². The van der Waals surface area contributed by atoms with Crippen LogP contribution in [0.5, 0.6) is 0 Å². The van der Waals surface area contributed by atoms with Gasteiger partial charge in [-0.25, -0.2) is 0 Å². The molecule has 0 bridgehead atoms. The lowest BCUT2D eigenvalue weighted by Crippen LogP contribution is -2.13. The van der Waals surface area contributed by atoms with Crippen molar-refractivity contribution in [1.82, 2.24) is 0 Å². The molecule has 0 spiro atoms. The predicted octanol–water partition coefficient (Wildman–Crippen LogP) is 4.87. The number of fused-ring (bicyclic) bond motifs is 1.